The lowest BCUT2D eigenvalue weighted by atomic mass is 9.85. The van der Waals surface area contributed by atoms with Gasteiger partial charge in [-0.2, -0.15) is 0 Å². The van der Waals surface area contributed by atoms with Gasteiger partial charge in [0.1, 0.15) is 12.4 Å². The number of rotatable bonds is 4. The number of nitrogens with one attached hydrogen (secondary N) is 1. The van der Waals surface area contributed by atoms with Gasteiger partial charge in [0.15, 0.2) is 0 Å². The van der Waals surface area contributed by atoms with Gasteiger partial charge in [-0.25, -0.2) is 13.6 Å². The first kappa shape index (κ1) is 21.7. The third-order valence-electron chi connectivity index (χ3n) is 5.76. The smallest absolute Gasteiger partial charge is 0.410 e. The Hall–Kier alpha value is -2.52. The molecule has 2 fully saturated rings. The third-order valence-corrected chi connectivity index (χ3v) is 6.38. The van der Waals surface area contributed by atoms with Crippen molar-refractivity contribution >= 4 is 27.9 Å². The van der Waals surface area contributed by atoms with E-state index in [0.29, 0.717) is 16.5 Å². The van der Waals surface area contributed by atoms with Crippen LogP contribution in [0.2, 0.25) is 0 Å². The second kappa shape index (κ2) is 8.92. The number of nitrogens with zero attached hydrogens (tertiary/aromatic N) is 1. The molecule has 3 unspecified atom stereocenters. The SMILES string of the molecule is O=C1NC2(CCN(C(=O)OCc3ccccc3)C2Cc2cccc(Br)c2F)COC1F. The predicted octanol–water partition coefficient (Wildman–Crippen LogP) is 3.72. The summed E-state index contributed by atoms with van der Waals surface area (Å²) in [4.78, 5) is 26.4. The van der Waals surface area contributed by atoms with E-state index in [1.54, 1.807) is 18.2 Å². The van der Waals surface area contributed by atoms with Crippen molar-refractivity contribution in [2.24, 2.45) is 0 Å². The standard InChI is InChI=1S/C22H21BrF2N2O4/c23-16-8-4-7-15(18(16)24)11-17-22(13-31-19(25)20(28)26-22)9-10-27(17)21(29)30-12-14-5-2-1-3-6-14/h1-8,17,19H,9-13H2,(H,26,28). The summed E-state index contributed by atoms with van der Waals surface area (Å²) in [5, 5.41) is 2.68. The number of ether oxygens (including phenoxy) is 2. The average Bonchev–Trinajstić information content (AvgIpc) is 3.11. The number of amides is 2. The van der Waals surface area contributed by atoms with Crippen molar-refractivity contribution < 1.29 is 27.8 Å². The number of halogens is 3. The normalized spacial score (nSPS) is 25.5. The zero-order valence-corrected chi connectivity index (χ0v) is 18.1. The Bertz CT molecular complexity index is 977. The molecule has 2 aliphatic heterocycles. The molecular weight excluding hydrogens is 474 g/mol. The van der Waals surface area contributed by atoms with Crippen molar-refractivity contribution in [1.82, 2.24) is 10.2 Å². The number of carbonyl (C=O) groups is 2. The molecule has 0 bridgehead atoms. The number of hydrogen-bond donors (Lipinski definition) is 1. The van der Waals surface area contributed by atoms with Gasteiger partial charge >= 0.3 is 6.09 Å². The second-order valence-corrected chi connectivity index (χ2v) is 8.54. The van der Waals surface area contributed by atoms with E-state index in [4.69, 9.17) is 9.47 Å². The molecule has 3 atom stereocenters. The molecule has 2 aromatic rings. The fraction of sp³-hybridized carbons (Fsp3) is 0.364. The highest BCUT2D eigenvalue weighted by atomic mass is 79.9. The molecule has 6 nitrogen and oxygen atoms in total. The number of morpholine rings is 1. The van der Waals surface area contributed by atoms with Crippen LogP contribution in [-0.4, -0.2) is 48.0 Å². The maximum Gasteiger partial charge on any atom is 0.410 e. The summed E-state index contributed by atoms with van der Waals surface area (Å²) in [6.45, 7) is 0.216. The largest absolute Gasteiger partial charge is 0.445 e. The summed E-state index contributed by atoms with van der Waals surface area (Å²) >= 11 is 3.17. The molecule has 1 spiro atoms. The summed E-state index contributed by atoms with van der Waals surface area (Å²) in [6.07, 6.45) is -2.20. The third kappa shape index (κ3) is 4.43. The second-order valence-electron chi connectivity index (χ2n) is 7.69. The van der Waals surface area contributed by atoms with Crippen molar-refractivity contribution in [3.05, 3.63) is 69.9 Å². The zero-order chi connectivity index (χ0) is 22.0. The maximum absolute atomic E-state index is 14.7. The molecule has 164 valence electrons. The van der Waals surface area contributed by atoms with Crippen LogP contribution in [0.15, 0.2) is 53.0 Å². The number of carbonyl (C=O) groups excluding carboxylic acids is 2. The van der Waals surface area contributed by atoms with Gasteiger partial charge in [0.2, 0.25) is 0 Å². The summed E-state index contributed by atoms with van der Waals surface area (Å²) in [5.41, 5.74) is 0.160. The minimum absolute atomic E-state index is 0.0799. The lowest BCUT2D eigenvalue weighted by Crippen LogP contribution is -2.65. The molecule has 0 saturated carbocycles. The lowest BCUT2D eigenvalue weighted by molar-refractivity contribution is -0.163. The van der Waals surface area contributed by atoms with Gasteiger partial charge < -0.3 is 19.7 Å². The summed E-state index contributed by atoms with van der Waals surface area (Å²) < 4.78 is 39.1. The number of hydrogen-bond acceptors (Lipinski definition) is 4. The number of alkyl halides is 1. The van der Waals surface area contributed by atoms with E-state index >= 15 is 0 Å². The highest BCUT2D eigenvalue weighted by Gasteiger charge is 2.54. The fourth-order valence-electron chi connectivity index (χ4n) is 4.13. The van der Waals surface area contributed by atoms with E-state index in [1.165, 1.54) is 4.90 Å². The Labute approximate surface area is 186 Å². The van der Waals surface area contributed by atoms with Gasteiger partial charge in [-0.1, -0.05) is 42.5 Å². The minimum Gasteiger partial charge on any atom is -0.445 e. The van der Waals surface area contributed by atoms with Gasteiger partial charge in [0.25, 0.3) is 12.3 Å². The molecule has 9 heteroatoms. The van der Waals surface area contributed by atoms with Crippen LogP contribution in [0.25, 0.3) is 0 Å². The van der Waals surface area contributed by atoms with Gasteiger partial charge in [-0.05, 0) is 46.0 Å². The van der Waals surface area contributed by atoms with Gasteiger partial charge in [0.05, 0.1) is 22.7 Å². The van der Waals surface area contributed by atoms with Crippen molar-refractivity contribution in [2.75, 3.05) is 13.2 Å². The van der Waals surface area contributed by atoms with E-state index < -0.39 is 35.8 Å². The van der Waals surface area contributed by atoms with Crippen molar-refractivity contribution in [3.63, 3.8) is 0 Å². The summed E-state index contributed by atoms with van der Waals surface area (Å²) in [5.74, 6) is -1.35. The Morgan fingerprint density at radius 2 is 2.03 bits per heavy atom. The van der Waals surface area contributed by atoms with Crippen LogP contribution in [0, 0.1) is 5.82 Å². The molecule has 2 heterocycles. The molecule has 2 aliphatic rings. The Balaban J connectivity index is 1.58. The molecule has 4 rings (SSSR count). The Morgan fingerprint density at radius 3 is 2.77 bits per heavy atom. The molecule has 31 heavy (non-hydrogen) atoms. The first-order chi connectivity index (χ1) is 14.9. The minimum atomic E-state index is -2.06. The van der Waals surface area contributed by atoms with Gasteiger partial charge in [0, 0.05) is 6.54 Å². The fourth-order valence-corrected chi connectivity index (χ4v) is 4.54. The predicted molar refractivity (Wildman–Crippen MR) is 111 cm³/mol. The molecule has 2 saturated heterocycles. The quantitative estimate of drug-likeness (QED) is 0.703. The zero-order valence-electron chi connectivity index (χ0n) is 16.5. The molecule has 0 aliphatic carbocycles. The summed E-state index contributed by atoms with van der Waals surface area (Å²) in [6, 6.07) is 13.4. The van der Waals surface area contributed by atoms with Crippen LogP contribution < -0.4 is 5.32 Å². The first-order valence-electron chi connectivity index (χ1n) is 9.87. The monoisotopic (exact) mass is 494 g/mol. The van der Waals surface area contributed by atoms with Gasteiger partial charge in [-0.15, -0.1) is 0 Å². The molecule has 2 aromatic carbocycles. The highest BCUT2D eigenvalue weighted by Crippen LogP contribution is 2.36. The van der Waals surface area contributed by atoms with Crippen LogP contribution in [0.1, 0.15) is 17.5 Å². The van der Waals surface area contributed by atoms with Crippen molar-refractivity contribution in [1.29, 1.82) is 0 Å². The maximum atomic E-state index is 14.7. The first-order valence-corrected chi connectivity index (χ1v) is 10.7. The summed E-state index contributed by atoms with van der Waals surface area (Å²) in [7, 11) is 0. The van der Waals surface area contributed by atoms with E-state index in [-0.39, 0.29) is 26.2 Å². The highest BCUT2D eigenvalue weighted by molar-refractivity contribution is 9.10. The van der Waals surface area contributed by atoms with E-state index in [9.17, 15) is 18.4 Å². The van der Waals surface area contributed by atoms with Crippen molar-refractivity contribution in [3.8, 4) is 0 Å². The van der Waals surface area contributed by atoms with Gasteiger partial charge in [-0.3, -0.25) is 4.79 Å². The lowest BCUT2D eigenvalue weighted by Gasteiger charge is -2.41. The number of likely N-dealkylation sites (tertiary alicyclic amines) is 1. The van der Waals surface area contributed by atoms with Crippen LogP contribution in [-0.2, 0) is 27.3 Å². The van der Waals surface area contributed by atoms with Crippen molar-refractivity contribution in [2.45, 2.75) is 37.4 Å². The topological polar surface area (TPSA) is 67.9 Å². The molecule has 1 N–H and O–H groups in total. The van der Waals surface area contributed by atoms with E-state index in [1.807, 2.05) is 30.3 Å². The molecule has 0 aromatic heterocycles. The Kier molecular flexibility index (Phi) is 6.24. The van der Waals surface area contributed by atoms with Crippen LogP contribution >= 0.6 is 15.9 Å². The Morgan fingerprint density at radius 1 is 1.26 bits per heavy atom. The molecular formula is C22H21BrF2N2O4. The van der Waals surface area contributed by atoms with Crippen LogP contribution in [0.4, 0.5) is 13.6 Å². The number of benzene rings is 2. The molecule has 0 radical (unpaired) electrons. The average molecular weight is 495 g/mol. The molecule has 2 amide bonds. The van der Waals surface area contributed by atoms with E-state index in [2.05, 4.69) is 21.2 Å². The van der Waals surface area contributed by atoms with Crippen LogP contribution in [0.5, 0.6) is 0 Å². The van der Waals surface area contributed by atoms with Crippen LogP contribution in [0.3, 0.4) is 0 Å². The van der Waals surface area contributed by atoms with E-state index in [0.717, 1.165) is 5.56 Å².